The maximum absolute atomic E-state index is 5.31. The molecule has 1 N–H and O–H groups in total. The van der Waals surface area contributed by atoms with Crippen LogP contribution in [0.25, 0.3) is 0 Å². The highest BCUT2D eigenvalue weighted by Crippen LogP contribution is 2.25. The fourth-order valence-electron chi connectivity index (χ4n) is 2.17. The maximum atomic E-state index is 5.31. The molecule has 2 nitrogen and oxygen atoms in total. The minimum Gasteiger partial charge on any atom is -0.496 e. The van der Waals surface area contributed by atoms with Crippen molar-refractivity contribution >= 4 is 0 Å². The van der Waals surface area contributed by atoms with Crippen molar-refractivity contribution < 1.29 is 4.74 Å². The number of aryl methyl sites for hydroxylation is 2. The van der Waals surface area contributed by atoms with Crippen LogP contribution >= 0.6 is 0 Å². The van der Waals surface area contributed by atoms with Crippen LogP contribution < -0.4 is 10.1 Å². The van der Waals surface area contributed by atoms with Gasteiger partial charge in [-0.2, -0.15) is 0 Å². The van der Waals surface area contributed by atoms with Crippen LogP contribution in [0.1, 0.15) is 52.2 Å². The minimum atomic E-state index is 0.188. The Morgan fingerprint density at radius 3 is 2.25 bits per heavy atom. The van der Waals surface area contributed by atoms with Gasteiger partial charge < -0.3 is 10.1 Å². The van der Waals surface area contributed by atoms with Crippen molar-refractivity contribution in [3.05, 3.63) is 29.3 Å². The Hall–Kier alpha value is -1.02. The molecule has 0 atom stereocenters. The molecule has 1 aromatic carbocycles. The summed E-state index contributed by atoms with van der Waals surface area (Å²) in [7, 11) is 1.73. The van der Waals surface area contributed by atoms with Crippen LogP contribution in [0.5, 0.6) is 5.75 Å². The SMILES string of the molecule is COc1ccc(CCC(C)(C)CNC(C)(C)C)cc1C. The van der Waals surface area contributed by atoms with Crippen molar-refractivity contribution in [1.29, 1.82) is 0 Å². The Morgan fingerprint density at radius 1 is 1.10 bits per heavy atom. The first kappa shape index (κ1) is 17.0. The van der Waals surface area contributed by atoms with Gasteiger partial charge in [0, 0.05) is 12.1 Å². The zero-order valence-electron chi connectivity index (χ0n) is 14.3. The van der Waals surface area contributed by atoms with E-state index in [4.69, 9.17) is 4.74 Å². The summed E-state index contributed by atoms with van der Waals surface area (Å²) in [6.07, 6.45) is 2.30. The predicted molar refractivity (Wildman–Crippen MR) is 87.6 cm³/mol. The van der Waals surface area contributed by atoms with Crippen LogP contribution in [0.15, 0.2) is 18.2 Å². The smallest absolute Gasteiger partial charge is 0.121 e. The second-order valence-corrected chi connectivity index (χ2v) is 7.57. The minimum absolute atomic E-state index is 0.188. The first-order valence-corrected chi connectivity index (χ1v) is 7.51. The van der Waals surface area contributed by atoms with Crippen molar-refractivity contribution in [2.75, 3.05) is 13.7 Å². The van der Waals surface area contributed by atoms with Gasteiger partial charge in [-0.1, -0.05) is 26.0 Å². The summed E-state index contributed by atoms with van der Waals surface area (Å²) < 4.78 is 5.31. The van der Waals surface area contributed by atoms with Gasteiger partial charge in [0.2, 0.25) is 0 Å². The molecule has 0 bridgehead atoms. The monoisotopic (exact) mass is 277 g/mol. The molecular formula is C18H31NO. The molecule has 114 valence electrons. The van der Waals surface area contributed by atoms with Crippen LogP contribution in [0.4, 0.5) is 0 Å². The summed E-state index contributed by atoms with van der Waals surface area (Å²) in [4.78, 5) is 0. The normalized spacial score (nSPS) is 12.6. The van der Waals surface area contributed by atoms with Gasteiger partial charge in [0.1, 0.15) is 5.75 Å². The van der Waals surface area contributed by atoms with Gasteiger partial charge in [-0.3, -0.25) is 0 Å². The maximum Gasteiger partial charge on any atom is 0.121 e. The van der Waals surface area contributed by atoms with E-state index in [1.54, 1.807) is 7.11 Å². The van der Waals surface area contributed by atoms with Gasteiger partial charge in [-0.05, 0) is 63.1 Å². The van der Waals surface area contributed by atoms with E-state index in [-0.39, 0.29) is 5.54 Å². The predicted octanol–water partition coefficient (Wildman–Crippen LogP) is 4.35. The lowest BCUT2D eigenvalue weighted by Crippen LogP contribution is -2.42. The van der Waals surface area contributed by atoms with E-state index in [1.165, 1.54) is 17.5 Å². The van der Waals surface area contributed by atoms with Crippen LogP contribution in [0.3, 0.4) is 0 Å². The Bertz CT molecular complexity index is 430. The van der Waals surface area contributed by atoms with Gasteiger partial charge in [0.25, 0.3) is 0 Å². The molecule has 0 unspecified atom stereocenters. The first-order valence-electron chi connectivity index (χ1n) is 7.51. The molecule has 0 spiro atoms. The summed E-state index contributed by atoms with van der Waals surface area (Å²) in [5.74, 6) is 0.974. The van der Waals surface area contributed by atoms with E-state index in [0.717, 1.165) is 18.7 Å². The molecule has 0 aliphatic rings. The fraction of sp³-hybridized carbons (Fsp3) is 0.667. The van der Waals surface area contributed by atoms with Crippen LogP contribution in [0.2, 0.25) is 0 Å². The quantitative estimate of drug-likeness (QED) is 0.834. The van der Waals surface area contributed by atoms with Crippen molar-refractivity contribution in [2.24, 2.45) is 5.41 Å². The Kier molecular flexibility index (Phi) is 5.64. The molecule has 1 rings (SSSR count). The molecule has 0 saturated heterocycles. The average molecular weight is 277 g/mol. The largest absolute Gasteiger partial charge is 0.496 e. The lowest BCUT2D eigenvalue weighted by Gasteiger charge is -2.30. The zero-order valence-corrected chi connectivity index (χ0v) is 14.3. The molecule has 0 saturated carbocycles. The molecule has 1 aromatic rings. The van der Waals surface area contributed by atoms with E-state index in [9.17, 15) is 0 Å². The molecule has 0 aliphatic heterocycles. The highest BCUT2D eigenvalue weighted by atomic mass is 16.5. The van der Waals surface area contributed by atoms with E-state index in [2.05, 4.69) is 65.1 Å². The summed E-state index contributed by atoms with van der Waals surface area (Å²) in [5.41, 5.74) is 3.11. The highest BCUT2D eigenvalue weighted by molar-refractivity contribution is 5.36. The molecule has 0 heterocycles. The lowest BCUT2D eigenvalue weighted by atomic mass is 9.85. The topological polar surface area (TPSA) is 21.3 Å². The Labute approximate surface area is 124 Å². The number of rotatable bonds is 6. The van der Waals surface area contributed by atoms with Gasteiger partial charge in [0.15, 0.2) is 0 Å². The van der Waals surface area contributed by atoms with Crippen molar-refractivity contribution in [1.82, 2.24) is 5.32 Å². The molecule has 0 amide bonds. The van der Waals surface area contributed by atoms with Crippen LogP contribution in [0, 0.1) is 12.3 Å². The van der Waals surface area contributed by atoms with E-state index in [0.29, 0.717) is 5.41 Å². The summed E-state index contributed by atoms with van der Waals surface area (Å²) in [6, 6.07) is 6.50. The van der Waals surface area contributed by atoms with E-state index in [1.807, 2.05) is 0 Å². The molecule has 0 aromatic heterocycles. The number of benzene rings is 1. The fourth-order valence-corrected chi connectivity index (χ4v) is 2.17. The molecule has 0 aliphatic carbocycles. The molecule has 0 radical (unpaired) electrons. The first-order chi connectivity index (χ1) is 9.13. The average Bonchev–Trinajstić information content (AvgIpc) is 2.34. The standard InChI is InChI=1S/C18H31NO/c1-14-12-15(8-9-16(14)20-7)10-11-18(5,6)13-19-17(2,3)4/h8-9,12,19H,10-11,13H2,1-7H3. The van der Waals surface area contributed by atoms with E-state index < -0.39 is 0 Å². The molecule has 20 heavy (non-hydrogen) atoms. The van der Waals surface area contributed by atoms with Gasteiger partial charge in [-0.15, -0.1) is 0 Å². The number of hydrogen-bond donors (Lipinski definition) is 1. The third kappa shape index (κ3) is 5.96. The van der Waals surface area contributed by atoms with Crippen molar-refractivity contribution in [3.8, 4) is 5.75 Å². The molecule has 0 fully saturated rings. The zero-order chi connectivity index (χ0) is 15.4. The second-order valence-electron chi connectivity index (χ2n) is 7.57. The third-order valence-corrected chi connectivity index (χ3v) is 3.65. The third-order valence-electron chi connectivity index (χ3n) is 3.65. The van der Waals surface area contributed by atoms with Crippen LogP contribution in [-0.4, -0.2) is 19.2 Å². The van der Waals surface area contributed by atoms with Crippen molar-refractivity contribution in [2.45, 2.75) is 59.9 Å². The second kappa shape index (κ2) is 6.62. The van der Waals surface area contributed by atoms with Gasteiger partial charge in [-0.25, -0.2) is 0 Å². The highest BCUT2D eigenvalue weighted by Gasteiger charge is 2.20. The Morgan fingerprint density at radius 2 is 1.75 bits per heavy atom. The van der Waals surface area contributed by atoms with Crippen molar-refractivity contribution in [3.63, 3.8) is 0 Å². The van der Waals surface area contributed by atoms with Gasteiger partial charge in [0.05, 0.1) is 7.11 Å². The summed E-state index contributed by atoms with van der Waals surface area (Å²) in [6.45, 7) is 14.5. The summed E-state index contributed by atoms with van der Waals surface area (Å²) >= 11 is 0. The van der Waals surface area contributed by atoms with E-state index >= 15 is 0 Å². The molecular weight excluding hydrogens is 246 g/mol. The Balaban J connectivity index is 2.55. The number of methoxy groups -OCH3 is 1. The lowest BCUT2D eigenvalue weighted by molar-refractivity contribution is 0.273. The van der Waals surface area contributed by atoms with Crippen LogP contribution in [-0.2, 0) is 6.42 Å². The number of ether oxygens (including phenoxy) is 1. The molecule has 2 heteroatoms. The van der Waals surface area contributed by atoms with Gasteiger partial charge >= 0.3 is 0 Å². The number of nitrogens with one attached hydrogen (secondary N) is 1. The summed E-state index contributed by atoms with van der Waals surface area (Å²) in [5, 5.41) is 3.61. The number of hydrogen-bond acceptors (Lipinski definition) is 2.